The number of hydrogen-bond donors (Lipinski definition) is 1. The quantitative estimate of drug-likeness (QED) is 0.450. The van der Waals surface area contributed by atoms with Gasteiger partial charge >= 0.3 is 0 Å². The summed E-state index contributed by atoms with van der Waals surface area (Å²) in [6, 6.07) is 13.5. The Bertz CT molecular complexity index is 1290. The van der Waals surface area contributed by atoms with Crippen LogP contribution in [0, 0.1) is 0 Å². The van der Waals surface area contributed by atoms with E-state index in [0.717, 1.165) is 16.2 Å². The number of anilines is 1. The summed E-state index contributed by atoms with van der Waals surface area (Å²) >= 11 is 1.54. The van der Waals surface area contributed by atoms with Crippen LogP contribution in [0.4, 0.5) is 5.69 Å². The summed E-state index contributed by atoms with van der Waals surface area (Å²) in [5.74, 6) is -0.319. The van der Waals surface area contributed by atoms with Gasteiger partial charge in [0.1, 0.15) is 0 Å². The summed E-state index contributed by atoms with van der Waals surface area (Å²) in [6.07, 6.45) is 3.86. The molecule has 4 aromatic rings. The fraction of sp³-hybridized carbons (Fsp3) is 0.182. The standard InChI is InChI=1S/C22H22N4O3S2/c1-3-26(4-2)31(28,29)17-11-9-16(10-12-17)21(27)23-19-8-6-5-7-18(19)20-15-25-13-14-30-22(25)24-20/h5-15H,3-4H2,1-2H3,(H,23,27). The van der Waals surface area contributed by atoms with Crippen LogP contribution in [0.5, 0.6) is 0 Å². The molecule has 7 nitrogen and oxygen atoms in total. The Kier molecular flexibility index (Phi) is 5.90. The second-order valence-electron chi connectivity index (χ2n) is 6.83. The molecule has 0 aliphatic rings. The van der Waals surface area contributed by atoms with Crippen LogP contribution < -0.4 is 5.32 Å². The summed E-state index contributed by atoms with van der Waals surface area (Å²) in [5.41, 5.74) is 2.59. The van der Waals surface area contributed by atoms with Gasteiger partial charge in [-0.3, -0.25) is 9.20 Å². The summed E-state index contributed by atoms with van der Waals surface area (Å²) in [5, 5.41) is 4.88. The lowest BCUT2D eigenvalue weighted by Gasteiger charge is -2.18. The zero-order valence-corrected chi connectivity index (χ0v) is 18.8. The minimum absolute atomic E-state index is 0.172. The molecule has 0 unspecified atom stereocenters. The van der Waals surface area contributed by atoms with Crippen molar-refractivity contribution in [1.82, 2.24) is 13.7 Å². The van der Waals surface area contributed by atoms with Crippen LogP contribution in [0.25, 0.3) is 16.2 Å². The maximum absolute atomic E-state index is 12.8. The number of thiazole rings is 1. The number of carbonyl (C=O) groups excluding carboxylic acids is 1. The Balaban J connectivity index is 1.57. The van der Waals surface area contributed by atoms with Gasteiger partial charge in [0.15, 0.2) is 4.96 Å². The number of carbonyl (C=O) groups is 1. The summed E-state index contributed by atoms with van der Waals surface area (Å²) in [7, 11) is -3.56. The molecule has 1 N–H and O–H groups in total. The molecule has 160 valence electrons. The number of fused-ring (bicyclic) bond motifs is 1. The minimum Gasteiger partial charge on any atom is -0.321 e. The first kappa shape index (κ1) is 21.2. The van der Waals surface area contributed by atoms with Gasteiger partial charge in [-0.05, 0) is 30.3 Å². The molecule has 0 aliphatic carbocycles. The molecule has 0 aliphatic heterocycles. The Hall–Kier alpha value is -3.01. The molecular formula is C22H22N4O3S2. The number of hydrogen-bond acceptors (Lipinski definition) is 5. The van der Waals surface area contributed by atoms with Crippen molar-refractivity contribution >= 4 is 37.9 Å². The molecular weight excluding hydrogens is 432 g/mol. The monoisotopic (exact) mass is 454 g/mol. The van der Waals surface area contributed by atoms with E-state index < -0.39 is 10.0 Å². The van der Waals surface area contributed by atoms with Crippen LogP contribution in [0.3, 0.4) is 0 Å². The molecule has 0 radical (unpaired) electrons. The smallest absolute Gasteiger partial charge is 0.255 e. The van der Waals surface area contributed by atoms with E-state index in [0.29, 0.717) is 24.3 Å². The number of sulfonamides is 1. The first-order valence-corrected chi connectivity index (χ1v) is 12.2. The van der Waals surface area contributed by atoms with Gasteiger partial charge in [-0.15, -0.1) is 11.3 Å². The van der Waals surface area contributed by atoms with E-state index in [1.165, 1.54) is 39.9 Å². The summed E-state index contributed by atoms with van der Waals surface area (Å²) in [6.45, 7) is 4.38. The highest BCUT2D eigenvalue weighted by molar-refractivity contribution is 7.89. The van der Waals surface area contributed by atoms with E-state index >= 15 is 0 Å². The molecule has 2 heterocycles. The molecule has 0 spiro atoms. The predicted octanol–water partition coefficient (Wildman–Crippen LogP) is 4.35. The molecule has 0 saturated heterocycles. The molecule has 2 aromatic heterocycles. The first-order valence-electron chi connectivity index (χ1n) is 9.87. The topological polar surface area (TPSA) is 83.8 Å². The van der Waals surface area contributed by atoms with Crippen LogP contribution in [-0.4, -0.2) is 41.1 Å². The van der Waals surface area contributed by atoms with E-state index in [9.17, 15) is 13.2 Å². The van der Waals surface area contributed by atoms with Crippen molar-refractivity contribution < 1.29 is 13.2 Å². The summed E-state index contributed by atoms with van der Waals surface area (Å²) < 4.78 is 28.6. The molecule has 9 heteroatoms. The number of amides is 1. The molecule has 0 saturated carbocycles. The van der Waals surface area contributed by atoms with Crippen molar-refractivity contribution in [2.45, 2.75) is 18.7 Å². The molecule has 0 fully saturated rings. The number of aromatic nitrogens is 2. The van der Waals surface area contributed by atoms with Crippen LogP contribution in [0.15, 0.2) is 71.2 Å². The van der Waals surface area contributed by atoms with Crippen molar-refractivity contribution in [3.63, 3.8) is 0 Å². The van der Waals surface area contributed by atoms with Gasteiger partial charge in [-0.25, -0.2) is 13.4 Å². The van der Waals surface area contributed by atoms with Gasteiger partial charge in [0.25, 0.3) is 5.91 Å². The third-order valence-corrected chi connectivity index (χ3v) is 7.84. The van der Waals surface area contributed by atoms with Gasteiger partial charge in [0.2, 0.25) is 10.0 Å². The van der Waals surface area contributed by atoms with Gasteiger partial charge < -0.3 is 5.32 Å². The molecule has 0 atom stereocenters. The van der Waals surface area contributed by atoms with Crippen LogP contribution in [-0.2, 0) is 10.0 Å². The molecule has 1 amide bonds. The van der Waals surface area contributed by atoms with Gasteiger partial charge in [-0.1, -0.05) is 32.0 Å². The number of benzene rings is 2. The molecule has 2 aromatic carbocycles. The SMILES string of the molecule is CCN(CC)S(=O)(=O)c1ccc(C(=O)Nc2ccccc2-c2cn3ccsc3n2)cc1. The molecule has 4 rings (SSSR count). The van der Waals surface area contributed by atoms with E-state index in [-0.39, 0.29) is 10.8 Å². The lowest BCUT2D eigenvalue weighted by atomic mass is 10.1. The average Bonchev–Trinajstić information content (AvgIpc) is 3.37. The van der Waals surface area contributed by atoms with E-state index in [1.54, 1.807) is 13.8 Å². The van der Waals surface area contributed by atoms with E-state index in [2.05, 4.69) is 10.3 Å². The zero-order chi connectivity index (χ0) is 22.0. The number of nitrogens with one attached hydrogen (secondary N) is 1. The van der Waals surface area contributed by atoms with Crippen molar-refractivity contribution in [2.75, 3.05) is 18.4 Å². The lowest BCUT2D eigenvalue weighted by molar-refractivity contribution is 0.102. The Morgan fingerprint density at radius 3 is 2.48 bits per heavy atom. The maximum Gasteiger partial charge on any atom is 0.255 e. The van der Waals surface area contributed by atoms with Crippen LogP contribution in [0.2, 0.25) is 0 Å². The highest BCUT2D eigenvalue weighted by Gasteiger charge is 2.22. The second-order valence-corrected chi connectivity index (χ2v) is 9.64. The summed E-state index contributed by atoms with van der Waals surface area (Å²) in [4.78, 5) is 18.5. The Morgan fingerprint density at radius 1 is 1.10 bits per heavy atom. The van der Waals surface area contributed by atoms with Gasteiger partial charge in [0, 0.05) is 42.0 Å². The number of nitrogens with zero attached hydrogens (tertiary/aromatic N) is 3. The van der Waals surface area contributed by atoms with Gasteiger partial charge in [0.05, 0.1) is 16.3 Å². The fourth-order valence-electron chi connectivity index (χ4n) is 3.36. The Labute approximate surface area is 185 Å². The fourth-order valence-corrected chi connectivity index (χ4v) is 5.52. The van der Waals surface area contributed by atoms with Crippen molar-refractivity contribution in [3.05, 3.63) is 71.9 Å². The number of imidazole rings is 1. The van der Waals surface area contributed by atoms with Crippen molar-refractivity contribution in [1.29, 1.82) is 0 Å². The number of para-hydroxylation sites is 1. The Morgan fingerprint density at radius 2 is 1.81 bits per heavy atom. The molecule has 0 bridgehead atoms. The van der Waals surface area contributed by atoms with Crippen molar-refractivity contribution in [2.24, 2.45) is 0 Å². The zero-order valence-electron chi connectivity index (χ0n) is 17.1. The van der Waals surface area contributed by atoms with Gasteiger partial charge in [-0.2, -0.15) is 4.31 Å². The second kappa shape index (κ2) is 8.62. The lowest BCUT2D eigenvalue weighted by Crippen LogP contribution is -2.30. The van der Waals surface area contributed by atoms with Crippen LogP contribution in [0.1, 0.15) is 24.2 Å². The number of rotatable bonds is 7. The third kappa shape index (κ3) is 4.12. The normalized spacial score (nSPS) is 11.8. The first-order chi connectivity index (χ1) is 14.9. The van der Waals surface area contributed by atoms with E-state index in [1.807, 2.05) is 46.4 Å². The molecule has 31 heavy (non-hydrogen) atoms. The van der Waals surface area contributed by atoms with E-state index in [4.69, 9.17) is 0 Å². The minimum atomic E-state index is -3.56. The van der Waals surface area contributed by atoms with Crippen molar-refractivity contribution in [3.8, 4) is 11.3 Å². The predicted molar refractivity (Wildman–Crippen MR) is 123 cm³/mol. The van der Waals surface area contributed by atoms with Crippen LogP contribution >= 0.6 is 11.3 Å². The maximum atomic E-state index is 12.8. The third-order valence-electron chi connectivity index (χ3n) is 5.00. The highest BCUT2D eigenvalue weighted by atomic mass is 32.2. The average molecular weight is 455 g/mol. The highest BCUT2D eigenvalue weighted by Crippen LogP contribution is 2.29. The largest absolute Gasteiger partial charge is 0.321 e.